The summed E-state index contributed by atoms with van der Waals surface area (Å²) >= 11 is 2.63. The minimum atomic E-state index is -4.51. The van der Waals surface area contributed by atoms with Crippen molar-refractivity contribution in [1.29, 1.82) is 0 Å². The van der Waals surface area contributed by atoms with Crippen LogP contribution in [0.3, 0.4) is 0 Å². The molecule has 0 unspecified atom stereocenters. The van der Waals surface area contributed by atoms with E-state index in [2.05, 4.69) is 10.1 Å². The van der Waals surface area contributed by atoms with Crippen LogP contribution in [-0.2, 0) is 11.0 Å². The lowest BCUT2D eigenvalue weighted by molar-refractivity contribution is -0.137. The molecule has 0 N–H and O–H groups in total. The van der Waals surface area contributed by atoms with E-state index in [4.69, 9.17) is 0 Å². The van der Waals surface area contributed by atoms with Gasteiger partial charge in [-0.05, 0) is 30.7 Å². The Balaban J connectivity index is 1.86. The Morgan fingerprint density at radius 3 is 2.62 bits per heavy atom. The van der Waals surface area contributed by atoms with Gasteiger partial charge in [0.05, 0.1) is 23.2 Å². The molecule has 0 aliphatic heterocycles. The molecule has 0 fully saturated rings. The van der Waals surface area contributed by atoms with Crippen LogP contribution in [-0.4, -0.2) is 22.9 Å². The number of thioether (sulfide) groups is 1. The molecule has 4 nitrogen and oxygen atoms in total. The molecule has 2 aromatic carbocycles. The van der Waals surface area contributed by atoms with E-state index in [1.54, 1.807) is 24.3 Å². The van der Waals surface area contributed by atoms with E-state index in [1.807, 2.05) is 18.4 Å². The van der Waals surface area contributed by atoms with Crippen molar-refractivity contribution in [2.75, 3.05) is 10.8 Å². The van der Waals surface area contributed by atoms with E-state index in [0.29, 0.717) is 4.34 Å². The zero-order valence-electron chi connectivity index (χ0n) is 15.3. The quantitative estimate of drug-likeness (QED) is 0.286. The first-order chi connectivity index (χ1) is 13.8. The molecule has 0 aliphatic rings. The van der Waals surface area contributed by atoms with Gasteiger partial charge in [0.25, 0.3) is 5.91 Å². The molecule has 1 heterocycles. The Kier molecular flexibility index (Phi) is 6.71. The molecule has 0 radical (unpaired) electrons. The summed E-state index contributed by atoms with van der Waals surface area (Å²) in [4.78, 5) is 17.1. The van der Waals surface area contributed by atoms with Crippen molar-refractivity contribution in [1.82, 2.24) is 4.98 Å². The van der Waals surface area contributed by atoms with E-state index in [1.165, 1.54) is 41.4 Å². The number of hydrazone groups is 1. The van der Waals surface area contributed by atoms with Gasteiger partial charge in [-0.3, -0.25) is 4.79 Å². The second-order valence-corrected chi connectivity index (χ2v) is 8.03. The lowest BCUT2D eigenvalue weighted by Gasteiger charge is -2.18. The molecule has 0 aliphatic carbocycles. The van der Waals surface area contributed by atoms with Crippen molar-refractivity contribution in [3.63, 3.8) is 0 Å². The molecule has 0 saturated heterocycles. The van der Waals surface area contributed by atoms with Crippen molar-refractivity contribution in [2.24, 2.45) is 5.10 Å². The molecule has 9 heteroatoms. The predicted octanol–water partition coefficient (Wildman–Crippen LogP) is 5.63. The summed E-state index contributed by atoms with van der Waals surface area (Å²) in [6, 6.07) is 13.6. The van der Waals surface area contributed by atoms with E-state index >= 15 is 0 Å². The Morgan fingerprint density at radius 2 is 1.97 bits per heavy atom. The first-order valence-electron chi connectivity index (χ1n) is 8.47. The van der Waals surface area contributed by atoms with Gasteiger partial charge in [-0.1, -0.05) is 48.2 Å². The first kappa shape index (κ1) is 21.1. The molecule has 0 atom stereocenters. The summed E-state index contributed by atoms with van der Waals surface area (Å²) in [6.45, 7) is 1.85. The maximum absolute atomic E-state index is 13.1. The van der Waals surface area contributed by atoms with Gasteiger partial charge in [0.1, 0.15) is 0 Å². The van der Waals surface area contributed by atoms with Crippen LogP contribution in [0.5, 0.6) is 0 Å². The van der Waals surface area contributed by atoms with Crippen molar-refractivity contribution in [3.8, 4) is 0 Å². The molecule has 29 heavy (non-hydrogen) atoms. The molecular weight excluding hydrogens is 419 g/mol. The van der Waals surface area contributed by atoms with Crippen molar-refractivity contribution >= 4 is 40.9 Å². The first-order valence-corrected chi connectivity index (χ1v) is 10.3. The monoisotopic (exact) mass is 435 g/mol. The number of halogens is 3. The van der Waals surface area contributed by atoms with E-state index in [9.17, 15) is 18.0 Å². The number of benzene rings is 2. The molecular formula is C20H16F3N3OS2. The smallest absolute Gasteiger partial charge is 0.272 e. The maximum Gasteiger partial charge on any atom is 0.416 e. The number of carbonyl (C=O) groups is 1. The van der Waals surface area contributed by atoms with Crippen LogP contribution in [0.15, 0.2) is 69.4 Å². The number of aromatic nitrogens is 1. The number of anilines is 1. The number of hydrogen-bond acceptors (Lipinski definition) is 5. The highest BCUT2D eigenvalue weighted by Crippen LogP contribution is 2.32. The van der Waals surface area contributed by atoms with Crippen LogP contribution in [0.4, 0.5) is 18.9 Å². The summed E-state index contributed by atoms with van der Waals surface area (Å²) in [5.74, 6) is -0.454. The normalized spacial score (nSPS) is 11.7. The minimum absolute atomic E-state index is 0.00463. The molecule has 0 saturated carbocycles. The molecule has 0 bridgehead atoms. The number of amides is 1. The molecule has 3 aromatic rings. The summed E-state index contributed by atoms with van der Waals surface area (Å²) < 4.78 is 40.0. The Bertz CT molecular complexity index is 1000. The summed E-state index contributed by atoms with van der Waals surface area (Å²) in [6.07, 6.45) is -3.07. The van der Waals surface area contributed by atoms with E-state index in [0.717, 1.165) is 28.4 Å². The third kappa shape index (κ3) is 5.91. The standard InChI is InChI=1S/C20H16F3N3OS2/c1-14-12-28-19(25-14)29-13-18(27)26(24-11-15-6-3-2-4-7-15)17-9-5-8-16(10-17)20(21,22)23/h2-12H,13H2,1H3/b24-11+. The topological polar surface area (TPSA) is 45.6 Å². The summed E-state index contributed by atoms with van der Waals surface area (Å²) in [5.41, 5.74) is 0.779. The van der Waals surface area contributed by atoms with Crippen molar-refractivity contribution in [2.45, 2.75) is 17.4 Å². The van der Waals surface area contributed by atoms with E-state index in [-0.39, 0.29) is 11.4 Å². The highest BCUT2D eigenvalue weighted by Gasteiger charge is 2.31. The Hall–Kier alpha value is -2.65. The fraction of sp³-hybridized carbons (Fsp3) is 0.150. The number of thiazole rings is 1. The lowest BCUT2D eigenvalue weighted by Crippen LogP contribution is -2.27. The Labute approximate surface area is 174 Å². The van der Waals surface area contributed by atoms with Crippen LogP contribution in [0.1, 0.15) is 16.8 Å². The van der Waals surface area contributed by atoms with Crippen LogP contribution in [0, 0.1) is 6.92 Å². The van der Waals surface area contributed by atoms with Crippen LogP contribution in [0.2, 0.25) is 0 Å². The van der Waals surface area contributed by atoms with Gasteiger partial charge in [0.2, 0.25) is 0 Å². The van der Waals surface area contributed by atoms with Gasteiger partial charge >= 0.3 is 6.18 Å². The molecule has 0 spiro atoms. The fourth-order valence-electron chi connectivity index (χ4n) is 2.34. The van der Waals surface area contributed by atoms with Gasteiger partial charge in [0.15, 0.2) is 4.34 Å². The molecule has 3 rings (SSSR count). The average molecular weight is 435 g/mol. The minimum Gasteiger partial charge on any atom is -0.272 e. The van der Waals surface area contributed by atoms with Gasteiger partial charge in [-0.25, -0.2) is 9.99 Å². The van der Waals surface area contributed by atoms with Gasteiger partial charge < -0.3 is 0 Å². The average Bonchev–Trinajstić information content (AvgIpc) is 3.12. The van der Waals surface area contributed by atoms with Crippen molar-refractivity contribution in [3.05, 3.63) is 76.8 Å². The third-order valence-electron chi connectivity index (χ3n) is 3.69. The van der Waals surface area contributed by atoms with Gasteiger partial charge in [-0.2, -0.15) is 18.3 Å². The Morgan fingerprint density at radius 1 is 1.21 bits per heavy atom. The fourth-order valence-corrected chi connectivity index (χ4v) is 4.03. The number of aryl methyl sites for hydroxylation is 1. The van der Waals surface area contributed by atoms with Crippen LogP contribution < -0.4 is 5.01 Å². The zero-order valence-corrected chi connectivity index (χ0v) is 16.9. The number of nitrogens with zero attached hydrogens (tertiary/aromatic N) is 3. The highest BCUT2D eigenvalue weighted by atomic mass is 32.2. The van der Waals surface area contributed by atoms with Crippen molar-refractivity contribution < 1.29 is 18.0 Å². The van der Waals surface area contributed by atoms with Crippen LogP contribution in [0.25, 0.3) is 0 Å². The predicted molar refractivity (Wildman–Crippen MR) is 111 cm³/mol. The number of alkyl halides is 3. The van der Waals surface area contributed by atoms with Crippen LogP contribution >= 0.6 is 23.1 Å². The van der Waals surface area contributed by atoms with Gasteiger partial charge in [0, 0.05) is 11.1 Å². The maximum atomic E-state index is 13.1. The molecule has 1 amide bonds. The highest BCUT2D eigenvalue weighted by molar-refractivity contribution is 8.01. The van der Waals surface area contributed by atoms with Gasteiger partial charge in [-0.15, -0.1) is 11.3 Å². The number of carbonyl (C=O) groups excluding carboxylic acids is 1. The largest absolute Gasteiger partial charge is 0.416 e. The lowest BCUT2D eigenvalue weighted by atomic mass is 10.2. The molecule has 150 valence electrons. The number of hydrogen-bond donors (Lipinski definition) is 0. The summed E-state index contributed by atoms with van der Waals surface area (Å²) in [7, 11) is 0. The SMILES string of the molecule is Cc1csc(SCC(=O)N(/N=C/c2ccccc2)c2cccc(C(F)(F)F)c2)n1. The number of rotatable bonds is 6. The second kappa shape index (κ2) is 9.23. The molecule has 1 aromatic heterocycles. The van der Waals surface area contributed by atoms with E-state index < -0.39 is 17.6 Å². The zero-order chi connectivity index (χ0) is 20.9. The third-order valence-corrected chi connectivity index (χ3v) is 5.82. The summed E-state index contributed by atoms with van der Waals surface area (Å²) in [5, 5.41) is 7.03. The second-order valence-electron chi connectivity index (χ2n) is 5.95.